The fourth-order valence-corrected chi connectivity index (χ4v) is 1.70. The molecule has 66 valence electrons. The summed E-state index contributed by atoms with van der Waals surface area (Å²) in [6, 6.07) is 11.3. The molecule has 0 amide bonds. The molecule has 0 saturated heterocycles. The quantitative estimate of drug-likeness (QED) is 0.688. The largest absolute Gasteiger partial charge is 0.508 e. The summed E-state index contributed by atoms with van der Waals surface area (Å²) < 4.78 is 0. The Morgan fingerprint density at radius 2 is 1.92 bits per heavy atom. The molecule has 2 aromatic rings. The Morgan fingerprint density at radius 1 is 1.15 bits per heavy atom. The van der Waals surface area contributed by atoms with Crippen molar-refractivity contribution in [3.8, 4) is 5.75 Å². The molecule has 13 heavy (non-hydrogen) atoms. The lowest BCUT2D eigenvalue weighted by Crippen LogP contribution is -1.81. The molecule has 0 spiro atoms. The van der Waals surface area contributed by atoms with Crippen LogP contribution in [-0.4, -0.2) is 5.11 Å². The zero-order valence-corrected chi connectivity index (χ0v) is 7.75. The average molecular weight is 193 g/mol. The third-order valence-electron chi connectivity index (χ3n) is 2.08. The number of alkyl halides is 1. The summed E-state index contributed by atoms with van der Waals surface area (Å²) in [7, 11) is 0. The van der Waals surface area contributed by atoms with E-state index >= 15 is 0 Å². The lowest BCUT2D eigenvalue weighted by atomic mass is 10.1. The summed E-state index contributed by atoms with van der Waals surface area (Å²) in [6.45, 7) is 0. The second-order valence-electron chi connectivity index (χ2n) is 2.96. The van der Waals surface area contributed by atoms with Gasteiger partial charge in [0.1, 0.15) is 5.75 Å². The predicted molar refractivity (Wildman–Crippen MR) is 55.2 cm³/mol. The highest BCUT2D eigenvalue weighted by Gasteiger charge is 2.01. The van der Waals surface area contributed by atoms with E-state index in [0.717, 1.165) is 16.3 Å². The summed E-state index contributed by atoms with van der Waals surface area (Å²) in [5.74, 6) is 0.698. The van der Waals surface area contributed by atoms with Gasteiger partial charge in [-0.15, -0.1) is 11.6 Å². The van der Waals surface area contributed by atoms with Gasteiger partial charge in [0.25, 0.3) is 0 Å². The maximum Gasteiger partial charge on any atom is 0.116 e. The molecule has 2 rings (SSSR count). The van der Waals surface area contributed by atoms with Crippen molar-refractivity contribution >= 4 is 22.4 Å². The molecule has 0 unspecified atom stereocenters. The zero-order chi connectivity index (χ0) is 9.26. The van der Waals surface area contributed by atoms with Crippen molar-refractivity contribution in [1.29, 1.82) is 0 Å². The third-order valence-corrected chi connectivity index (χ3v) is 2.36. The molecule has 0 atom stereocenters. The molecular formula is C11H9ClO. The Kier molecular flexibility index (Phi) is 2.11. The van der Waals surface area contributed by atoms with Gasteiger partial charge in [0.05, 0.1) is 0 Å². The summed E-state index contributed by atoms with van der Waals surface area (Å²) >= 11 is 5.77. The highest BCUT2D eigenvalue weighted by molar-refractivity contribution is 6.18. The van der Waals surface area contributed by atoms with Crippen molar-refractivity contribution in [2.24, 2.45) is 0 Å². The Balaban J connectivity index is 2.81. The second-order valence-corrected chi connectivity index (χ2v) is 3.23. The minimum atomic E-state index is 0.273. The molecule has 2 aromatic carbocycles. The molecular weight excluding hydrogens is 184 g/mol. The van der Waals surface area contributed by atoms with E-state index in [1.54, 1.807) is 12.1 Å². The van der Waals surface area contributed by atoms with E-state index in [1.807, 2.05) is 24.3 Å². The number of rotatable bonds is 1. The molecule has 0 bridgehead atoms. The summed E-state index contributed by atoms with van der Waals surface area (Å²) in [5, 5.41) is 11.5. The topological polar surface area (TPSA) is 20.2 Å². The molecule has 0 aliphatic rings. The number of hydrogen-bond acceptors (Lipinski definition) is 1. The van der Waals surface area contributed by atoms with Crippen molar-refractivity contribution in [2.45, 2.75) is 5.88 Å². The van der Waals surface area contributed by atoms with Crippen LogP contribution in [0, 0.1) is 0 Å². The standard InChI is InChI=1S/C11H9ClO/c12-7-9-6-10(13)5-8-3-1-2-4-11(8)9/h1-6,13H,7H2. The Labute approximate surface area is 81.6 Å². The van der Waals surface area contributed by atoms with Gasteiger partial charge in [-0.3, -0.25) is 0 Å². The number of benzene rings is 2. The number of phenols is 1. The summed E-state index contributed by atoms with van der Waals surface area (Å²) in [6.07, 6.45) is 0. The highest BCUT2D eigenvalue weighted by Crippen LogP contribution is 2.25. The van der Waals surface area contributed by atoms with Crippen LogP contribution in [0.3, 0.4) is 0 Å². The van der Waals surface area contributed by atoms with Crippen LogP contribution in [0.25, 0.3) is 10.8 Å². The van der Waals surface area contributed by atoms with Gasteiger partial charge in [0, 0.05) is 5.88 Å². The first-order chi connectivity index (χ1) is 6.31. The van der Waals surface area contributed by atoms with Gasteiger partial charge in [0.15, 0.2) is 0 Å². The van der Waals surface area contributed by atoms with Gasteiger partial charge in [-0.25, -0.2) is 0 Å². The van der Waals surface area contributed by atoms with Gasteiger partial charge in [-0.05, 0) is 28.5 Å². The van der Waals surface area contributed by atoms with Gasteiger partial charge in [-0.1, -0.05) is 24.3 Å². The molecule has 0 fully saturated rings. The minimum Gasteiger partial charge on any atom is -0.508 e. The smallest absolute Gasteiger partial charge is 0.116 e. The molecule has 0 radical (unpaired) electrons. The second kappa shape index (κ2) is 3.27. The molecule has 0 heterocycles. The number of aromatic hydroxyl groups is 1. The van der Waals surface area contributed by atoms with Crippen LogP contribution in [0.4, 0.5) is 0 Å². The fourth-order valence-electron chi connectivity index (χ4n) is 1.48. The number of phenolic OH excluding ortho intramolecular Hbond substituents is 1. The van der Waals surface area contributed by atoms with Crippen LogP contribution in [-0.2, 0) is 5.88 Å². The van der Waals surface area contributed by atoms with E-state index in [4.69, 9.17) is 11.6 Å². The Bertz CT molecular complexity index is 437. The SMILES string of the molecule is Oc1cc(CCl)c2ccccc2c1. The first-order valence-electron chi connectivity index (χ1n) is 4.08. The molecule has 1 N–H and O–H groups in total. The van der Waals surface area contributed by atoms with Crippen LogP contribution >= 0.6 is 11.6 Å². The maximum atomic E-state index is 9.38. The maximum absolute atomic E-state index is 9.38. The van der Waals surface area contributed by atoms with Crippen molar-refractivity contribution in [2.75, 3.05) is 0 Å². The molecule has 1 nitrogen and oxygen atoms in total. The van der Waals surface area contributed by atoms with E-state index in [-0.39, 0.29) is 5.75 Å². The molecule has 0 saturated carbocycles. The molecule has 0 aliphatic heterocycles. The molecule has 0 aromatic heterocycles. The lowest BCUT2D eigenvalue weighted by molar-refractivity contribution is 0.475. The van der Waals surface area contributed by atoms with E-state index in [0.29, 0.717) is 5.88 Å². The van der Waals surface area contributed by atoms with Crippen molar-refractivity contribution in [3.05, 3.63) is 42.0 Å². The lowest BCUT2D eigenvalue weighted by Gasteiger charge is -2.03. The molecule has 2 heteroatoms. The predicted octanol–water partition coefficient (Wildman–Crippen LogP) is 3.28. The average Bonchev–Trinajstić information content (AvgIpc) is 2.16. The van der Waals surface area contributed by atoms with Gasteiger partial charge >= 0.3 is 0 Å². The van der Waals surface area contributed by atoms with Crippen LogP contribution in [0.1, 0.15) is 5.56 Å². The first kappa shape index (κ1) is 8.39. The van der Waals surface area contributed by atoms with E-state index in [2.05, 4.69) is 0 Å². The van der Waals surface area contributed by atoms with Crippen molar-refractivity contribution < 1.29 is 5.11 Å². The van der Waals surface area contributed by atoms with Crippen LogP contribution in [0.15, 0.2) is 36.4 Å². The zero-order valence-electron chi connectivity index (χ0n) is 7.00. The first-order valence-corrected chi connectivity index (χ1v) is 4.61. The van der Waals surface area contributed by atoms with Crippen LogP contribution in [0.5, 0.6) is 5.75 Å². The monoisotopic (exact) mass is 192 g/mol. The van der Waals surface area contributed by atoms with Crippen molar-refractivity contribution in [1.82, 2.24) is 0 Å². The van der Waals surface area contributed by atoms with E-state index in [9.17, 15) is 5.11 Å². The number of fused-ring (bicyclic) bond motifs is 1. The minimum absolute atomic E-state index is 0.273. The third kappa shape index (κ3) is 1.47. The normalized spacial score (nSPS) is 10.5. The number of halogens is 1. The van der Waals surface area contributed by atoms with E-state index < -0.39 is 0 Å². The Hall–Kier alpha value is -1.21. The summed E-state index contributed by atoms with van der Waals surface area (Å²) in [5.41, 5.74) is 0.970. The van der Waals surface area contributed by atoms with Gasteiger partial charge in [0.2, 0.25) is 0 Å². The Morgan fingerprint density at radius 3 is 2.69 bits per heavy atom. The van der Waals surface area contributed by atoms with Gasteiger partial charge < -0.3 is 5.11 Å². The van der Waals surface area contributed by atoms with Crippen LogP contribution in [0.2, 0.25) is 0 Å². The van der Waals surface area contributed by atoms with Crippen molar-refractivity contribution in [3.63, 3.8) is 0 Å². The highest BCUT2D eigenvalue weighted by atomic mass is 35.5. The molecule has 0 aliphatic carbocycles. The van der Waals surface area contributed by atoms with Gasteiger partial charge in [-0.2, -0.15) is 0 Å². The fraction of sp³-hybridized carbons (Fsp3) is 0.0909. The van der Waals surface area contributed by atoms with E-state index in [1.165, 1.54) is 0 Å². The summed E-state index contributed by atoms with van der Waals surface area (Å²) in [4.78, 5) is 0. The van der Waals surface area contributed by atoms with Crippen LogP contribution < -0.4 is 0 Å². The number of hydrogen-bond donors (Lipinski definition) is 1.